The summed E-state index contributed by atoms with van der Waals surface area (Å²) in [5, 5.41) is 1.75. The Labute approximate surface area is 96.5 Å². The van der Waals surface area contributed by atoms with Gasteiger partial charge in [0.1, 0.15) is 11.4 Å². The zero-order chi connectivity index (χ0) is 13.5. The molecule has 0 spiro atoms. The van der Waals surface area contributed by atoms with Crippen LogP contribution < -0.4 is 5.32 Å². The minimum absolute atomic E-state index is 0.529. The van der Waals surface area contributed by atoms with E-state index in [2.05, 4.69) is 0 Å². The number of alkyl carbamates (subject to hydrolysis) is 1. The van der Waals surface area contributed by atoms with Crippen molar-refractivity contribution >= 4 is 11.9 Å². The van der Waals surface area contributed by atoms with Crippen molar-refractivity contribution in [2.75, 3.05) is 0 Å². The van der Waals surface area contributed by atoms with Crippen molar-refractivity contribution in [1.29, 1.82) is 0 Å². The lowest BCUT2D eigenvalue weighted by atomic mass is 9.75. The number of carbonyl (C=O) groups is 2. The fourth-order valence-electron chi connectivity index (χ4n) is 1.48. The van der Waals surface area contributed by atoms with E-state index in [0.717, 1.165) is 0 Å². The van der Waals surface area contributed by atoms with Crippen LogP contribution in [0.2, 0.25) is 0 Å². The number of halogens is 3. The van der Waals surface area contributed by atoms with Gasteiger partial charge in [0.15, 0.2) is 5.54 Å². The Balaban J connectivity index is 2.70. The Morgan fingerprint density at radius 2 is 1.76 bits per heavy atom. The first-order valence-corrected chi connectivity index (χ1v) is 5.05. The molecular formula is C10H14F3NO3. The number of amides is 1. The van der Waals surface area contributed by atoms with Gasteiger partial charge < -0.3 is 10.1 Å². The molecule has 98 valence electrons. The average Bonchev–Trinajstić information content (AvgIpc) is 1.94. The van der Waals surface area contributed by atoms with Crippen molar-refractivity contribution in [3.63, 3.8) is 0 Å². The third-order valence-electron chi connectivity index (χ3n) is 2.28. The van der Waals surface area contributed by atoms with Crippen LogP contribution >= 0.6 is 0 Å². The Kier molecular flexibility index (Phi) is 3.15. The highest BCUT2D eigenvalue weighted by Crippen LogP contribution is 2.43. The highest BCUT2D eigenvalue weighted by atomic mass is 19.4. The second kappa shape index (κ2) is 3.89. The quantitative estimate of drug-likeness (QED) is 0.779. The van der Waals surface area contributed by atoms with E-state index in [4.69, 9.17) is 4.74 Å². The summed E-state index contributed by atoms with van der Waals surface area (Å²) in [5.74, 6) is -0.529. The van der Waals surface area contributed by atoms with Crippen LogP contribution in [0.4, 0.5) is 18.0 Å². The number of ketones is 1. The van der Waals surface area contributed by atoms with Gasteiger partial charge in [0.25, 0.3) is 0 Å². The monoisotopic (exact) mass is 253 g/mol. The zero-order valence-corrected chi connectivity index (χ0v) is 9.77. The summed E-state index contributed by atoms with van der Waals surface area (Å²) >= 11 is 0. The number of nitrogens with one attached hydrogen (secondary N) is 1. The van der Waals surface area contributed by atoms with Crippen LogP contribution in [0.3, 0.4) is 0 Å². The van der Waals surface area contributed by atoms with Gasteiger partial charge in [0.2, 0.25) is 0 Å². The van der Waals surface area contributed by atoms with Crippen molar-refractivity contribution in [3.8, 4) is 0 Å². The van der Waals surface area contributed by atoms with E-state index < -0.39 is 42.0 Å². The summed E-state index contributed by atoms with van der Waals surface area (Å²) in [6.45, 7) is 4.62. The van der Waals surface area contributed by atoms with Crippen LogP contribution in [-0.2, 0) is 9.53 Å². The molecular weight excluding hydrogens is 239 g/mol. The van der Waals surface area contributed by atoms with Crippen LogP contribution in [0, 0.1) is 0 Å². The lowest BCUT2D eigenvalue weighted by Crippen LogP contribution is -2.66. The van der Waals surface area contributed by atoms with Gasteiger partial charge in [-0.1, -0.05) is 0 Å². The molecule has 0 aliphatic heterocycles. The third kappa shape index (κ3) is 3.10. The largest absolute Gasteiger partial charge is 0.444 e. The Morgan fingerprint density at radius 1 is 1.29 bits per heavy atom. The number of hydrogen-bond acceptors (Lipinski definition) is 3. The minimum atomic E-state index is -4.65. The molecule has 1 amide bonds. The van der Waals surface area contributed by atoms with Gasteiger partial charge in [-0.3, -0.25) is 4.79 Å². The number of alkyl halides is 3. The van der Waals surface area contributed by atoms with Crippen LogP contribution in [0.1, 0.15) is 33.6 Å². The van der Waals surface area contributed by atoms with E-state index in [-0.39, 0.29) is 0 Å². The summed E-state index contributed by atoms with van der Waals surface area (Å²) in [7, 11) is 0. The zero-order valence-electron chi connectivity index (χ0n) is 9.77. The molecule has 1 aliphatic rings. The first kappa shape index (κ1) is 13.8. The SMILES string of the molecule is CC(C)(C)OC(=O)NC1(C(F)(F)F)CC(=O)C1. The summed E-state index contributed by atoms with van der Waals surface area (Å²) < 4.78 is 42.8. The summed E-state index contributed by atoms with van der Waals surface area (Å²) in [6.07, 6.45) is -7.27. The van der Waals surface area contributed by atoms with E-state index >= 15 is 0 Å². The molecule has 1 aliphatic carbocycles. The molecule has 0 unspecified atom stereocenters. The predicted octanol–water partition coefficient (Wildman–Crippen LogP) is 2.18. The van der Waals surface area contributed by atoms with Gasteiger partial charge >= 0.3 is 12.3 Å². The molecule has 17 heavy (non-hydrogen) atoms. The van der Waals surface area contributed by atoms with Crippen LogP contribution in [0.15, 0.2) is 0 Å². The number of ether oxygens (including phenoxy) is 1. The maximum Gasteiger partial charge on any atom is 0.412 e. The highest BCUT2D eigenvalue weighted by molar-refractivity contribution is 5.90. The van der Waals surface area contributed by atoms with Gasteiger partial charge in [-0.25, -0.2) is 4.79 Å². The van der Waals surface area contributed by atoms with E-state index in [1.165, 1.54) is 0 Å². The maximum atomic E-state index is 12.7. The molecule has 0 heterocycles. The standard InChI is InChI=1S/C10H14F3NO3/c1-8(2,3)17-7(16)14-9(10(11,12)13)4-6(15)5-9/h4-5H2,1-3H3,(H,14,16). The molecule has 0 aromatic carbocycles. The van der Waals surface area contributed by atoms with Crippen LogP contribution in [-0.4, -0.2) is 29.2 Å². The second-order valence-corrected chi connectivity index (χ2v) is 5.10. The summed E-state index contributed by atoms with van der Waals surface area (Å²) in [5.41, 5.74) is -3.34. The first-order chi connectivity index (χ1) is 7.45. The third-order valence-corrected chi connectivity index (χ3v) is 2.28. The van der Waals surface area contributed by atoms with Gasteiger partial charge in [-0.15, -0.1) is 0 Å². The molecule has 0 atom stereocenters. The van der Waals surface area contributed by atoms with E-state index in [0.29, 0.717) is 0 Å². The molecule has 1 saturated carbocycles. The van der Waals surface area contributed by atoms with Gasteiger partial charge in [-0.05, 0) is 20.8 Å². The first-order valence-electron chi connectivity index (χ1n) is 5.05. The fourth-order valence-corrected chi connectivity index (χ4v) is 1.48. The van der Waals surface area contributed by atoms with Crippen molar-refractivity contribution in [2.45, 2.75) is 50.9 Å². The Hall–Kier alpha value is -1.27. The molecule has 0 radical (unpaired) electrons. The summed E-state index contributed by atoms with van der Waals surface area (Å²) in [4.78, 5) is 22.0. The molecule has 1 N–H and O–H groups in total. The molecule has 0 bridgehead atoms. The van der Waals surface area contributed by atoms with Gasteiger partial charge in [0, 0.05) is 12.8 Å². The summed E-state index contributed by atoms with van der Waals surface area (Å²) in [6, 6.07) is 0. The lowest BCUT2D eigenvalue weighted by molar-refractivity contribution is -0.214. The van der Waals surface area contributed by atoms with Gasteiger partial charge in [-0.2, -0.15) is 13.2 Å². The van der Waals surface area contributed by atoms with E-state index in [9.17, 15) is 22.8 Å². The Bertz CT molecular complexity index is 336. The number of carbonyl (C=O) groups excluding carboxylic acids is 2. The maximum absolute atomic E-state index is 12.7. The van der Waals surface area contributed by atoms with E-state index in [1.807, 2.05) is 0 Å². The van der Waals surface area contributed by atoms with Gasteiger partial charge in [0.05, 0.1) is 0 Å². The fraction of sp³-hybridized carbons (Fsp3) is 0.800. The van der Waals surface area contributed by atoms with Crippen LogP contribution in [0.25, 0.3) is 0 Å². The Morgan fingerprint density at radius 3 is 2.06 bits per heavy atom. The molecule has 7 heteroatoms. The second-order valence-electron chi connectivity index (χ2n) is 5.10. The minimum Gasteiger partial charge on any atom is -0.444 e. The smallest absolute Gasteiger partial charge is 0.412 e. The predicted molar refractivity (Wildman–Crippen MR) is 52.4 cm³/mol. The number of hydrogen-bond donors (Lipinski definition) is 1. The number of rotatable bonds is 1. The molecule has 1 rings (SSSR count). The normalized spacial score (nSPS) is 19.5. The van der Waals surface area contributed by atoms with Crippen molar-refractivity contribution in [1.82, 2.24) is 5.32 Å². The topological polar surface area (TPSA) is 55.4 Å². The number of Topliss-reactive ketones (excluding diaryl/α,β-unsaturated/α-hetero) is 1. The van der Waals surface area contributed by atoms with Crippen LogP contribution in [0.5, 0.6) is 0 Å². The van der Waals surface area contributed by atoms with Crippen molar-refractivity contribution in [2.24, 2.45) is 0 Å². The van der Waals surface area contributed by atoms with Crippen molar-refractivity contribution in [3.05, 3.63) is 0 Å². The molecule has 0 saturated heterocycles. The average molecular weight is 253 g/mol. The lowest BCUT2D eigenvalue weighted by Gasteiger charge is -2.42. The molecule has 0 aromatic heterocycles. The highest BCUT2D eigenvalue weighted by Gasteiger charge is 2.63. The molecule has 1 fully saturated rings. The molecule has 4 nitrogen and oxygen atoms in total. The van der Waals surface area contributed by atoms with E-state index in [1.54, 1.807) is 26.1 Å². The molecule has 0 aromatic rings. The van der Waals surface area contributed by atoms with Crippen molar-refractivity contribution < 1.29 is 27.5 Å².